The summed E-state index contributed by atoms with van der Waals surface area (Å²) in [4.78, 5) is 24.9. The molecule has 0 N–H and O–H groups in total. The number of fused-ring (bicyclic) bond motifs is 2. The Hall–Kier alpha value is -2.77. The average Bonchev–Trinajstić information content (AvgIpc) is 2.94. The molecule has 1 aliphatic heterocycles. The number of rotatable bonds is 3. The number of hydrogen-bond donors (Lipinski definition) is 0. The molecular formula is C31H29ClF2N5O2PSTl-. The fourth-order valence-electron chi connectivity index (χ4n) is 5.23. The molecule has 1 fully saturated rings. The number of nitrogens with zero attached hydrogens (tertiary/aromatic N) is 5. The monoisotopic (exact) mass is 844 g/mol. The third-order valence-corrected chi connectivity index (χ3v) is 7.71. The van der Waals surface area contributed by atoms with Gasteiger partial charge < -0.3 is 23.1 Å². The van der Waals surface area contributed by atoms with Crippen molar-refractivity contribution in [2.24, 2.45) is 0 Å². The van der Waals surface area contributed by atoms with Crippen LogP contribution in [0.25, 0.3) is 32.8 Å². The predicted molar refractivity (Wildman–Crippen MR) is 179 cm³/mol. The minimum atomic E-state index is -0.682. The van der Waals surface area contributed by atoms with Crippen molar-refractivity contribution in [2.75, 3.05) is 24.5 Å². The van der Waals surface area contributed by atoms with Crippen LogP contribution >= 0.6 is 21.5 Å². The maximum atomic E-state index is 16.3. The summed E-state index contributed by atoms with van der Waals surface area (Å²) in [5.74, 6) is 2.21. The summed E-state index contributed by atoms with van der Waals surface area (Å²) in [5.41, 5.74) is 0.289. The van der Waals surface area contributed by atoms with Gasteiger partial charge in [0, 0.05) is 6.54 Å². The predicted octanol–water partition coefficient (Wildman–Crippen LogP) is 5.99. The molecule has 5 rings (SSSR count). The van der Waals surface area contributed by atoms with Crippen LogP contribution in [0.15, 0.2) is 42.5 Å². The van der Waals surface area contributed by atoms with Gasteiger partial charge in [0.15, 0.2) is 0 Å². The molecule has 4 aromatic rings. The SMILES string of the molecule is CC(C)(C)OC(=O)N1CCN(c2nc(Cl)nc3c(F)c(-c4cccc5ccc(F)c(C#[C][Tl])c45)ccc23)C[C@@H]1CC#N.P.[SH-]. The number of nitriles is 1. The molecule has 2 heterocycles. The quantitative estimate of drug-likeness (QED) is 0.0627. The smallest absolute Gasteiger partial charge is 0.813 e. The second-order valence-corrected chi connectivity index (χ2v) is 12.3. The van der Waals surface area contributed by atoms with Crippen LogP contribution in [0.3, 0.4) is 0 Å². The van der Waals surface area contributed by atoms with Gasteiger partial charge in [0.2, 0.25) is 0 Å². The molecule has 44 heavy (non-hydrogen) atoms. The Labute approximate surface area is 286 Å². The Bertz CT molecular complexity index is 1840. The first kappa shape index (κ1) is 35.7. The molecule has 1 aromatic heterocycles. The molecule has 0 bridgehead atoms. The number of anilines is 1. The van der Waals surface area contributed by atoms with Crippen LogP contribution in [0.4, 0.5) is 19.4 Å². The van der Waals surface area contributed by atoms with Gasteiger partial charge in [-0.15, -0.1) is 0 Å². The standard InChI is InChI=1S/C31H25ClF2N5O2.H3P.H2S.Tl/c1-5-20-24(33)12-9-18-7-6-8-21(25(18)20)22-10-11-23-27(26(22)34)36-29(32)37-28(23)38-15-16-39(19(17-38)13-14-35)30(40)41-31(2,3)4;;;/h6-12,19H,13,15-17H2,2-4H3;1H3;1H2;/p-1/t19-;;;/m0.../s1. The first-order chi connectivity index (χ1) is 20.0. The second kappa shape index (κ2) is 14.6. The van der Waals surface area contributed by atoms with E-state index in [0.717, 1.165) is 5.39 Å². The molecule has 1 amide bonds. The number of ether oxygens (including phenoxy) is 1. The normalized spacial score (nSPS) is 14.6. The van der Waals surface area contributed by atoms with Crippen molar-refractivity contribution in [1.29, 1.82) is 5.26 Å². The zero-order valence-electron chi connectivity index (χ0n) is 24.4. The first-order valence-corrected chi connectivity index (χ1v) is 15.8. The minimum Gasteiger partial charge on any atom is -0.813 e. The van der Waals surface area contributed by atoms with Crippen LogP contribution in [0.5, 0.6) is 0 Å². The Morgan fingerprint density at radius 3 is 2.57 bits per heavy atom. The van der Waals surface area contributed by atoms with Crippen molar-refractivity contribution in [3.05, 3.63) is 64.9 Å². The maximum absolute atomic E-state index is 16.3. The molecule has 13 heteroatoms. The van der Waals surface area contributed by atoms with E-state index in [2.05, 4.69) is 25.4 Å². The third-order valence-electron chi connectivity index (χ3n) is 6.98. The number of carbonyl (C=O) groups excluding carboxylic acids is 1. The fourth-order valence-corrected chi connectivity index (χ4v) is 5.96. The molecule has 3 aromatic carbocycles. The Morgan fingerprint density at radius 1 is 1.14 bits per heavy atom. The van der Waals surface area contributed by atoms with Crippen LogP contribution < -0.4 is 4.90 Å². The fraction of sp³-hybridized carbons (Fsp3) is 0.290. The van der Waals surface area contributed by atoms with Crippen LogP contribution in [0.2, 0.25) is 5.28 Å². The summed E-state index contributed by atoms with van der Waals surface area (Å²) in [6.45, 7) is 6.26. The molecule has 1 aliphatic rings. The van der Waals surface area contributed by atoms with Gasteiger partial charge in [0.25, 0.3) is 0 Å². The summed E-state index contributed by atoms with van der Waals surface area (Å²) in [6, 6.07) is 13.4. The van der Waals surface area contributed by atoms with E-state index in [-0.39, 0.29) is 64.8 Å². The van der Waals surface area contributed by atoms with E-state index in [1.807, 2.05) is 11.0 Å². The number of thiol groups is 1. The van der Waals surface area contributed by atoms with Crippen LogP contribution in [0.1, 0.15) is 32.8 Å². The van der Waals surface area contributed by atoms with Crippen molar-refractivity contribution < 1.29 is 18.3 Å². The molecule has 2 atom stereocenters. The molecule has 0 aliphatic carbocycles. The van der Waals surface area contributed by atoms with Gasteiger partial charge in [-0.1, -0.05) is 0 Å². The van der Waals surface area contributed by atoms with E-state index in [1.54, 1.807) is 56.0 Å². The van der Waals surface area contributed by atoms with Gasteiger partial charge in [-0.05, 0) is 20.8 Å². The molecule has 226 valence electrons. The molecule has 0 spiro atoms. The number of carbonyl (C=O) groups is 1. The molecule has 0 radical (unpaired) electrons. The number of amides is 1. The van der Waals surface area contributed by atoms with E-state index < -0.39 is 29.4 Å². The Kier molecular flexibility index (Phi) is 11.8. The Balaban J connectivity index is 0.00000264. The third kappa shape index (κ3) is 7.20. The summed E-state index contributed by atoms with van der Waals surface area (Å²) >= 11 is 6.68. The van der Waals surface area contributed by atoms with Gasteiger partial charge in [-0.25, -0.2) is 4.79 Å². The second-order valence-electron chi connectivity index (χ2n) is 10.9. The molecule has 1 unspecified atom stereocenters. The van der Waals surface area contributed by atoms with Crippen LogP contribution in [-0.2, 0) is 18.2 Å². The number of hydrogen-bond acceptors (Lipinski definition) is 7. The van der Waals surface area contributed by atoms with Crippen molar-refractivity contribution in [2.45, 2.75) is 38.8 Å². The van der Waals surface area contributed by atoms with Crippen molar-refractivity contribution >= 4 is 94.3 Å². The summed E-state index contributed by atoms with van der Waals surface area (Å²) in [5, 5.41) is 11.0. The zero-order valence-corrected chi connectivity index (χ0v) is 31.9. The average molecular weight is 844 g/mol. The number of piperazine rings is 1. The summed E-state index contributed by atoms with van der Waals surface area (Å²) < 4.78 is 39.6. The zero-order chi connectivity index (χ0) is 30.2. The van der Waals surface area contributed by atoms with E-state index in [9.17, 15) is 14.4 Å². The molecular weight excluding hydrogens is 815 g/mol. The van der Waals surface area contributed by atoms with E-state index >= 15 is 4.39 Å². The number of aromatic nitrogens is 2. The summed E-state index contributed by atoms with van der Waals surface area (Å²) in [6.07, 6.45) is -0.417. The minimum absolute atomic E-state index is 0. The molecule has 1 saturated heterocycles. The number of halogens is 3. The Morgan fingerprint density at radius 2 is 1.89 bits per heavy atom. The van der Waals surface area contributed by atoms with Gasteiger partial charge in [0.1, 0.15) is 5.60 Å². The van der Waals surface area contributed by atoms with Gasteiger partial charge in [-0.3, -0.25) is 0 Å². The number of benzene rings is 3. The summed E-state index contributed by atoms with van der Waals surface area (Å²) in [7, 11) is 0. The van der Waals surface area contributed by atoms with Gasteiger partial charge in [-0.2, -0.15) is 15.2 Å². The van der Waals surface area contributed by atoms with Crippen LogP contribution in [-0.4, -0.2) is 78.0 Å². The first-order valence-electron chi connectivity index (χ1n) is 13.2. The van der Waals surface area contributed by atoms with Crippen molar-refractivity contribution in [1.82, 2.24) is 14.9 Å². The van der Waals surface area contributed by atoms with Crippen molar-refractivity contribution in [3.8, 4) is 26.6 Å². The van der Waals surface area contributed by atoms with Gasteiger partial charge in [0.05, 0.1) is 18.5 Å². The van der Waals surface area contributed by atoms with E-state index in [4.69, 9.17) is 16.3 Å². The topological polar surface area (TPSA) is 82.3 Å². The van der Waals surface area contributed by atoms with Crippen LogP contribution in [0, 0.1) is 32.4 Å². The van der Waals surface area contributed by atoms with E-state index in [0.29, 0.717) is 54.5 Å². The van der Waals surface area contributed by atoms with Gasteiger partial charge >= 0.3 is 193 Å². The molecule has 7 nitrogen and oxygen atoms in total. The van der Waals surface area contributed by atoms with Crippen molar-refractivity contribution in [3.63, 3.8) is 0 Å². The van der Waals surface area contributed by atoms with E-state index in [1.165, 1.54) is 6.07 Å². The molecule has 0 saturated carbocycles.